The van der Waals surface area contributed by atoms with Crippen LogP contribution in [0.3, 0.4) is 0 Å². The fraction of sp³-hybridized carbons (Fsp3) is 0.0625. The second-order valence-electron chi connectivity index (χ2n) is 4.20. The molecule has 0 bridgehead atoms. The van der Waals surface area contributed by atoms with E-state index in [1.165, 1.54) is 6.08 Å². The van der Waals surface area contributed by atoms with E-state index in [1.54, 1.807) is 37.3 Å². The maximum Gasteiger partial charge on any atom is 0.187 e. The number of ketones is 1. The number of aromatic hydroxyl groups is 1. The SMILES string of the molecule is C/C(=C/C(=O)c1ccccc1)Nc1ccccc1O. The van der Waals surface area contributed by atoms with Gasteiger partial charge in [0.1, 0.15) is 5.75 Å². The Morgan fingerprint density at radius 3 is 2.37 bits per heavy atom. The maximum absolute atomic E-state index is 12.0. The minimum absolute atomic E-state index is 0.0685. The fourth-order valence-electron chi connectivity index (χ4n) is 1.71. The van der Waals surface area contributed by atoms with Crippen LogP contribution in [0, 0.1) is 0 Å². The Hall–Kier alpha value is -2.55. The molecule has 3 heteroatoms. The maximum atomic E-state index is 12.0. The Labute approximate surface area is 112 Å². The highest BCUT2D eigenvalue weighted by atomic mass is 16.3. The highest BCUT2D eigenvalue weighted by Gasteiger charge is 2.03. The zero-order valence-electron chi connectivity index (χ0n) is 10.6. The molecule has 0 spiro atoms. The van der Waals surface area contributed by atoms with E-state index in [0.717, 1.165) is 0 Å². The lowest BCUT2D eigenvalue weighted by Gasteiger charge is -2.08. The van der Waals surface area contributed by atoms with Gasteiger partial charge < -0.3 is 10.4 Å². The number of hydrogen-bond donors (Lipinski definition) is 2. The number of allylic oxidation sites excluding steroid dienone is 2. The second-order valence-corrected chi connectivity index (χ2v) is 4.20. The van der Waals surface area contributed by atoms with Crippen molar-refractivity contribution in [1.82, 2.24) is 0 Å². The number of phenols is 1. The number of benzene rings is 2. The third kappa shape index (κ3) is 3.45. The van der Waals surface area contributed by atoms with E-state index >= 15 is 0 Å². The van der Waals surface area contributed by atoms with Gasteiger partial charge in [-0.15, -0.1) is 0 Å². The fourth-order valence-corrected chi connectivity index (χ4v) is 1.71. The van der Waals surface area contributed by atoms with E-state index < -0.39 is 0 Å². The van der Waals surface area contributed by atoms with Crippen LogP contribution in [-0.2, 0) is 0 Å². The smallest absolute Gasteiger partial charge is 0.187 e. The van der Waals surface area contributed by atoms with Crippen molar-refractivity contribution in [2.45, 2.75) is 6.92 Å². The van der Waals surface area contributed by atoms with Gasteiger partial charge in [0, 0.05) is 17.3 Å². The lowest BCUT2D eigenvalue weighted by molar-refractivity contribution is 0.104. The number of rotatable bonds is 4. The Bertz CT molecular complexity index is 603. The number of anilines is 1. The minimum Gasteiger partial charge on any atom is -0.506 e. The first-order valence-electron chi connectivity index (χ1n) is 5.99. The molecule has 96 valence electrons. The molecule has 0 saturated carbocycles. The molecule has 0 aliphatic rings. The molecule has 0 heterocycles. The molecule has 0 aliphatic carbocycles. The summed E-state index contributed by atoms with van der Waals surface area (Å²) >= 11 is 0. The molecule has 0 radical (unpaired) electrons. The van der Waals surface area contributed by atoms with Gasteiger partial charge >= 0.3 is 0 Å². The summed E-state index contributed by atoms with van der Waals surface area (Å²) in [6.07, 6.45) is 1.52. The third-order valence-electron chi connectivity index (χ3n) is 2.64. The van der Waals surface area contributed by atoms with E-state index in [0.29, 0.717) is 16.9 Å². The van der Waals surface area contributed by atoms with Gasteiger partial charge in [0.2, 0.25) is 0 Å². The van der Waals surface area contributed by atoms with Crippen LogP contribution in [0.4, 0.5) is 5.69 Å². The van der Waals surface area contributed by atoms with Gasteiger partial charge in [0.25, 0.3) is 0 Å². The second kappa shape index (κ2) is 5.87. The predicted molar refractivity (Wildman–Crippen MR) is 76.3 cm³/mol. The van der Waals surface area contributed by atoms with Crippen molar-refractivity contribution >= 4 is 11.5 Å². The van der Waals surface area contributed by atoms with E-state index in [-0.39, 0.29) is 11.5 Å². The Balaban J connectivity index is 2.12. The van der Waals surface area contributed by atoms with Crippen LogP contribution in [0.25, 0.3) is 0 Å². The summed E-state index contributed by atoms with van der Waals surface area (Å²) in [5.41, 5.74) is 1.90. The highest BCUT2D eigenvalue weighted by molar-refractivity contribution is 6.05. The van der Waals surface area contributed by atoms with Gasteiger partial charge in [0.15, 0.2) is 5.78 Å². The normalized spacial score (nSPS) is 11.1. The number of carbonyl (C=O) groups is 1. The summed E-state index contributed by atoms with van der Waals surface area (Å²) in [4.78, 5) is 12.0. The number of para-hydroxylation sites is 2. The van der Waals surface area contributed by atoms with Gasteiger partial charge in [0.05, 0.1) is 5.69 Å². The van der Waals surface area contributed by atoms with Crippen molar-refractivity contribution in [1.29, 1.82) is 0 Å². The van der Waals surface area contributed by atoms with Crippen molar-refractivity contribution in [3.63, 3.8) is 0 Å². The molecule has 2 aromatic rings. The van der Waals surface area contributed by atoms with Crippen molar-refractivity contribution < 1.29 is 9.90 Å². The number of nitrogens with one attached hydrogen (secondary N) is 1. The molecular weight excluding hydrogens is 238 g/mol. The molecule has 0 atom stereocenters. The van der Waals surface area contributed by atoms with E-state index in [2.05, 4.69) is 5.32 Å². The van der Waals surface area contributed by atoms with Crippen LogP contribution < -0.4 is 5.32 Å². The van der Waals surface area contributed by atoms with Crippen LogP contribution >= 0.6 is 0 Å². The quantitative estimate of drug-likeness (QED) is 0.497. The lowest BCUT2D eigenvalue weighted by atomic mass is 10.1. The van der Waals surface area contributed by atoms with Crippen LogP contribution in [-0.4, -0.2) is 10.9 Å². The van der Waals surface area contributed by atoms with Crippen molar-refractivity contribution in [3.05, 3.63) is 71.9 Å². The van der Waals surface area contributed by atoms with Gasteiger partial charge in [-0.05, 0) is 19.1 Å². The van der Waals surface area contributed by atoms with Crippen LogP contribution in [0.15, 0.2) is 66.4 Å². The van der Waals surface area contributed by atoms with Gasteiger partial charge in [-0.3, -0.25) is 4.79 Å². The molecular formula is C16H15NO2. The molecule has 2 rings (SSSR count). The number of hydrogen-bond acceptors (Lipinski definition) is 3. The zero-order valence-corrected chi connectivity index (χ0v) is 10.6. The largest absolute Gasteiger partial charge is 0.506 e. The third-order valence-corrected chi connectivity index (χ3v) is 2.64. The van der Waals surface area contributed by atoms with E-state index in [1.807, 2.05) is 24.3 Å². The molecule has 0 saturated heterocycles. The van der Waals surface area contributed by atoms with Gasteiger partial charge in [-0.2, -0.15) is 0 Å². The van der Waals surface area contributed by atoms with Crippen molar-refractivity contribution in [2.24, 2.45) is 0 Å². The summed E-state index contributed by atoms with van der Waals surface area (Å²) in [6, 6.07) is 16.0. The van der Waals surface area contributed by atoms with Crippen LogP contribution in [0.2, 0.25) is 0 Å². The zero-order chi connectivity index (χ0) is 13.7. The Morgan fingerprint density at radius 1 is 1.05 bits per heavy atom. The van der Waals surface area contributed by atoms with Gasteiger partial charge in [-0.25, -0.2) is 0 Å². The topological polar surface area (TPSA) is 49.3 Å². The Kier molecular flexibility index (Phi) is 3.98. The molecule has 3 nitrogen and oxygen atoms in total. The summed E-state index contributed by atoms with van der Waals surface area (Å²) in [7, 11) is 0. The standard InChI is InChI=1S/C16H15NO2/c1-12(17-14-9-5-6-10-15(14)18)11-16(19)13-7-3-2-4-8-13/h2-11,17-18H,1H3/b12-11-. The molecule has 0 unspecified atom stereocenters. The summed E-state index contributed by atoms with van der Waals surface area (Å²) < 4.78 is 0. The van der Waals surface area contributed by atoms with Crippen molar-refractivity contribution in [2.75, 3.05) is 5.32 Å². The molecule has 19 heavy (non-hydrogen) atoms. The summed E-state index contributed by atoms with van der Waals surface area (Å²) in [5.74, 6) is 0.0865. The first-order valence-corrected chi connectivity index (χ1v) is 5.99. The first kappa shape index (κ1) is 12.9. The van der Waals surface area contributed by atoms with Crippen LogP contribution in [0.5, 0.6) is 5.75 Å². The van der Waals surface area contributed by atoms with E-state index in [9.17, 15) is 9.90 Å². The summed E-state index contributed by atoms with van der Waals surface area (Å²) in [5, 5.41) is 12.6. The monoisotopic (exact) mass is 253 g/mol. The molecule has 0 fully saturated rings. The van der Waals surface area contributed by atoms with E-state index in [4.69, 9.17) is 0 Å². The minimum atomic E-state index is -0.0685. The molecule has 2 N–H and O–H groups in total. The Morgan fingerprint density at radius 2 is 1.68 bits per heavy atom. The average Bonchev–Trinajstić information content (AvgIpc) is 2.42. The van der Waals surface area contributed by atoms with Crippen LogP contribution in [0.1, 0.15) is 17.3 Å². The van der Waals surface area contributed by atoms with Crippen molar-refractivity contribution in [3.8, 4) is 5.75 Å². The summed E-state index contributed by atoms with van der Waals surface area (Å²) in [6.45, 7) is 1.78. The molecule has 2 aromatic carbocycles. The molecule has 0 aromatic heterocycles. The first-order chi connectivity index (χ1) is 9.16. The number of phenolic OH excluding ortho intramolecular Hbond substituents is 1. The van der Waals surface area contributed by atoms with Gasteiger partial charge in [-0.1, -0.05) is 42.5 Å². The average molecular weight is 253 g/mol. The predicted octanol–water partition coefficient (Wildman–Crippen LogP) is 3.59. The number of carbonyl (C=O) groups excluding carboxylic acids is 1. The highest BCUT2D eigenvalue weighted by Crippen LogP contribution is 2.23. The molecule has 0 amide bonds. The lowest BCUT2D eigenvalue weighted by Crippen LogP contribution is -2.01. The molecule has 0 aliphatic heterocycles.